The fourth-order valence-corrected chi connectivity index (χ4v) is 6.54. The number of aromatic nitrogens is 1. The minimum Gasteiger partial charge on any atom is -0.321 e. The molecule has 0 radical (unpaired) electrons. The van der Waals surface area contributed by atoms with Crippen LogP contribution in [-0.4, -0.2) is 22.7 Å². The maximum atomic E-state index is 14.5. The second-order valence-corrected chi connectivity index (χ2v) is 12.9. The topological polar surface area (TPSA) is 100 Å². The molecular weight excluding hydrogens is 675 g/mol. The molecule has 11 heteroatoms. The van der Waals surface area contributed by atoms with E-state index in [1.165, 1.54) is 59.5 Å². The first-order valence-electron chi connectivity index (χ1n) is 15.3. The molecule has 1 heterocycles. The third-order valence-corrected chi connectivity index (χ3v) is 9.34. The third-order valence-electron chi connectivity index (χ3n) is 7.31. The van der Waals surface area contributed by atoms with Gasteiger partial charge >= 0.3 is 0 Å². The van der Waals surface area contributed by atoms with Gasteiger partial charge in [0.2, 0.25) is 5.91 Å². The van der Waals surface area contributed by atoms with Crippen molar-refractivity contribution in [3.63, 3.8) is 0 Å². The van der Waals surface area contributed by atoms with E-state index in [1.54, 1.807) is 78.2 Å². The van der Waals surface area contributed by atoms with Crippen LogP contribution in [0.2, 0.25) is 0 Å². The van der Waals surface area contributed by atoms with Gasteiger partial charge in [-0.1, -0.05) is 66.7 Å². The van der Waals surface area contributed by atoms with Crippen LogP contribution >= 0.6 is 23.1 Å². The molecule has 0 aliphatic rings. The second kappa shape index (κ2) is 16.0. The third kappa shape index (κ3) is 8.76. The Morgan fingerprint density at radius 1 is 0.740 bits per heavy atom. The number of hydrogen-bond acceptors (Lipinski definition) is 6. The zero-order valence-electron chi connectivity index (χ0n) is 26.2. The van der Waals surface area contributed by atoms with Crippen molar-refractivity contribution in [3.05, 3.63) is 173 Å². The molecule has 6 rings (SSSR count). The molecule has 0 bridgehead atoms. The fourth-order valence-electron chi connectivity index (χ4n) is 4.80. The maximum absolute atomic E-state index is 14.5. The zero-order chi connectivity index (χ0) is 34.9. The van der Waals surface area contributed by atoms with Crippen molar-refractivity contribution in [2.45, 2.75) is 10.1 Å². The summed E-state index contributed by atoms with van der Waals surface area (Å²) < 4.78 is 27.9. The van der Waals surface area contributed by atoms with Gasteiger partial charge in [-0.2, -0.15) is 0 Å². The summed E-state index contributed by atoms with van der Waals surface area (Å²) in [6.07, 6.45) is 1.28. The Morgan fingerprint density at radius 3 is 2.10 bits per heavy atom. The number of thioether (sulfide) groups is 1. The van der Waals surface area contributed by atoms with Crippen LogP contribution in [0.25, 0.3) is 17.3 Å². The van der Waals surface area contributed by atoms with E-state index in [1.807, 2.05) is 30.3 Å². The van der Waals surface area contributed by atoms with E-state index in [4.69, 9.17) is 0 Å². The highest BCUT2D eigenvalue weighted by Crippen LogP contribution is 2.37. The lowest BCUT2D eigenvalue weighted by Crippen LogP contribution is -2.30. The summed E-state index contributed by atoms with van der Waals surface area (Å²) in [5, 5.41) is 9.85. The van der Waals surface area contributed by atoms with Crippen molar-refractivity contribution in [2.24, 2.45) is 0 Å². The summed E-state index contributed by atoms with van der Waals surface area (Å²) in [6.45, 7) is 0. The van der Waals surface area contributed by atoms with Gasteiger partial charge in [-0.25, -0.2) is 13.8 Å². The van der Waals surface area contributed by atoms with Crippen LogP contribution in [0.1, 0.15) is 26.7 Å². The summed E-state index contributed by atoms with van der Waals surface area (Å²) in [5.41, 5.74) is 2.88. The number of nitrogens with one attached hydrogen (secondary N) is 3. The molecule has 248 valence electrons. The Kier molecular flexibility index (Phi) is 10.9. The van der Waals surface area contributed by atoms with Gasteiger partial charge in [-0.15, -0.1) is 23.1 Å². The van der Waals surface area contributed by atoms with Gasteiger partial charge in [0.05, 0.1) is 5.69 Å². The monoisotopic (exact) mass is 702 g/mol. The highest BCUT2D eigenvalue weighted by molar-refractivity contribution is 8.00. The molecular formula is C39H28F2N4O3S2. The molecule has 3 N–H and O–H groups in total. The number of benzene rings is 5. The van der Waals surface area contributed by atoms with Crippen LogP contribution < -0.4 is 16.0 Å². The molecule has 0 saturated heterocycles. The van der Waals surface area contributed by atoms with Crippen LogP contribution in [-0.2, 0) is 9.59 Å². The van der Waals surface area contributed by atoms with Crippen molar-refractivity contribution < 1.29 is 23.2 Å². The van der Waals surface area contributed by atoms with E-state index in [0.29, 0.717) is 22.1 Å². The average Bonchev–Trinajstić information content (AvgIpc) is 3.61. The highest BCUT2D eigenvalue weighted by Gasteiger charge is 2.24. The number of hydrogen-bond donors (Lipinski definition) is 3. The molecule has 0 fully saturated rings. The quantitative estimate of drug-likeness (QED) is 0.0925. The van der Waals surface area contributed by atoms with E-state index >= 15 is 0 Å². The Labute approximate surface area is 295 Å². The molecule has 0 aliphatic heterocycles. The Morgan fingerprint density at radius 2 is 1.40 bits per heavy atom. The minimum absolute atomic E-state index is 0.132. The van der Waals surface area contributed by atoms with Gasteiger partial charge in [0.15, 0.2) is 5.13 Å². The van der Waals surface area contributed by atoms with Gasteiger partial charge in [0.1, 0.15) is 22.6 Å². The van der Waals surface area contributed by atoms with E-state index in [9.17, 15) is 23.2 Å². The van der Waals surface area contributed by atoms with Crippen LogP contribution in [0.5, 0.6) is 0 Å². The number of halogens is 2. The zero-order valence-corrected chi connectivity index (χ0v) is 27.8. The van der Waals surface area contributed by atoms with E-state index in [-0.39, 0.29) is 23.0 Å². The molecule has 0 spiro atoms. The van der Waals surface area contributed by atoms with E-state index < -0.39 is 22.9 Å². The molecule has 50 heavy (non-hydrogen) atoms. The summed E-state index contributed by atoms with van der Waals surface area (Å²) in [5.74, 6) is -2.35. The molecule has 1 unspecified atom stereocenters. The molecule has 1 aromatic heterocycles. The van der Waals surface area contributed by atoms with Crippen LogP contribution in [0, 0.1) is 11.6 Å². The SMILES string of the molecule is O=C(Nc1ccc(SC(C(=O)Nc2nc(-c3ccc(F)cc3)cs2)c2ccccc2)cc1)/C(=C/c1ccccc1F)NC(=O)c1ccccc1. The van der Waals surface area contributed by atoms with Crippen LogP contribution in [0.15, 0.2) is 149 Å². The molecule has 5 aromatic carbocycles. The van der Waals surface area contributed by atoms with Gasteiger partial charge in [0, 0.05) is 32.7 Å². The molecule has 7 nitrogen and oxygen atoms in total. The highest BCUT2D eigenvalue weighted by atomic mass is 32.2. The van der Waals surface area contributed by atoms with Crippen LogP contribution in [0.3, 0.4) is 0 Å². The van der Waals surface area contributed by atoms with Crippen molar-refractivity contribution in [3.8, 4) is 11.3 Å². The van der Waals surface area contributed by atoms with Crippen molar-refractivity contribution in [2.75, 3.05) is 10.6 Å². The molecule has 6 aromatic rings. The van der Waals surface area contributed by atoms with Gasteiger partial charge < -0.3 is 16.0 Å². The van der Waals surface area contributed by atoms with Gasteiger partial charge in [-0.05, 0) is 78.4 Å². The number of nitrogens with zero attached hydrogens (tertiary/aromatic N) is 1. The lowest BCUT2D eigenvalue weighted by Gasteiger charge is -2.17. The maximum Gasteiger partial charge on any atom is 0.272 e. The number of carbonyl (C=O) groups is 3. The predicted octanol–water partition coefficient (Wildman–Crippen LogP) is 8.97. The Balaban J connectivity index is 1.17. The lowest BCUT2D eigenvalue weighted by molar-refractivity contribution is -0.116. The Bertz CT molecular complexity index is 2140. The van der Waals surface area contributed by atoms with Gasteiger partial charge in [-0.3, -0.25) is 14.4 Å². The normalized spacial score (nSPS) is 11.8. The average molecular weight is 703 g/mol. The molecule has 0 aliphatic carbocycles. The van der Waals surface area contributed by atoms with E-state index in [0.717, 1.165) is 16.0 Å². The molecule has 0 saturated carbocycles. The second-order valence-electron chi connectivity index (χ2n) is 10.8. The van der Waals surface area contributed by atoms with Crippen molar-refractivity contribution in [1.29, 1.82) is 0 Å². The van der Waals surface area contributed by atoms with E-state index in [2.05, 4.69) is 20.9 Å². The predicted molar refractivity (Wildman–Crippen MR) is 195 cm³/mol. The fraction of sp³-hybridized carbons (Fsp3) is 0.0256. The smallest absolute Gasteiger partial charge is 0.272 e. The van der Waals surface area contributed by atoms with Gasteiger partial charge in [0.25, 0.3) is 11.8 Å². The number of thiazole rings is 1. The first-order chi connectivity index (χ1) is 24.3. The summed E-state index contributed by atoms with van der Waals surface area (Å²) in [6, 6.07) is 36.5. The summed E-state index contributed by atoms with van der Waals surface area (Å²) >= 11 is 2.59. The standard InChI is InChI=1S/C39H28F2N4O3S2/c40-29-17-15-25(16-18-29)34-24-49-39(44-34)45-38(48)35(26-9-3-1-4-10-26)50-31-21-19-30(20-22-31)42-37(47)33(23-28-13-7-8-14-32(28)41)43-36(46)27-11-5-2-6-12-27/h1-24,35H,(H,42,47)(H,43,46)(H,44,45,48)/b33-23-. The largest absolute Gasteiger partial charge is 0.321 e. The number of rotatable bonds is 11. The Hall–Kier alpha value is -5.91. The summed E-state index contributed by atoms with van der Waals surface area (Å²) in [7, 11) is 0. The number of amides is 3. The first-order valence-corrected chi connectivity index (χ1v) is 17.1. The molecule has 1 atom stereocenters. The lowest BCUT2D eigenvalue weighted by atomic mass is 10.1. The first kappa shape index (κ1) is 34.0. The van der Waals surface area contributed by atoms with Crippen molar-refractivity contribution >= 4 is 57.7 Å². The number of anilines is 2. The number of carbonyl (C=O) groups excluding carboxylic acids is 3. The van der Waals surface area contributed by atoms with Crippen molar-refractivity contribution in [1.82, 2.24) is 10.3 Å². The molecule has 3 amide bonds. The summed E-state index contributed by atoms with van der Waals surface area (Å²) in [4.78, 5) is 45.2. The minimum atomic E-state index is -0.650. The van der Waals surface area contributed by atoms with Crippen LogP contribution in [0.4, 0.5) is 19.6 Å².